The molecule has 2 N–H and O–H groups in total. The van der Waals surface area contributed by atoms with E-state index in [9.17, 15) is 22.4 Å². The SMILES string of the molecule is CC(=O)NC(CS(=O)(=O)CCCCCF)C(=O)O. The topological polar surface area (TPSA) is 101 Å². The monoisotopic (exact) mass is 283 g/mol. The Morgan fingerprint density at radius 1 is 1.28 bits per heavy atom. The van der Waals surface area contributed by atoms with Gasteiger partial charge in [0.1, 0.15) is 6.04 Å². The first kappa shape index (κ1) is 16.8. The fraction of sp³-hybridized carbons (Fsp3) is 0.800. The minimum absolute atomic E-state index is 0.198. The van der Waals surface area contributed by atoms with Crippen LogP contribution in [0.4, 0.5) is 4.39 Å². The highest BCUT2D eigenvalue weighted by atomic mass is 32.2. The Morgan fingerprint density at radius 2 is 1.89 bits per heavy atom. The van der Waals surface area contributed by atoms with E-state index in [1.165, 1.54) is 0 Å². The van der Waals surface area contributed by atoms with Crippen LogP contribution in [0.3, 0.4) is 0 Å². The van der Waals surface area contributed by atoms with E-state index in [4.69, 9.17) is 5.11 Å². The summed E-state index contributed by atoms with van der Waals surface area (Å²) in [5.41, 5.74) is 0. The van der Waals surface area contributed by atoms with E-state index in [-0.39, 0.29) is 5.75 Å². The maximum atomic E-state index is 11.8. The van der Waals surface area contributed by atoms with Crippen molar-refractivity contribution >= 4 is 21.7 Å². The first-order chi connectivity index (χ1) is 8.28. The van der Waals surface area contributed by atoms with Crippen LogP contribution in [0.1, 0.15) is 26.2 Å². The zero-order valence-corrected chi connectivity index (χ0v) is 11.0. The number of carbonyl (C=O) groups excluding carboxylic acids is 1. The number of alkyl halides is 1. The van der Waals surface area contributed by atoms with E-state index in [1.807, 2.05) is 0 Å². The van der Waals surface area contributed by atoms with Gasteiger partial charge in [-0.3, -0.25) is 9.18 Å². The number of nitrogens with one attached hydrogen (secondary N) is 1. The Bertz CT molecular complexity index is 382. The van der Waals surface area contributed by atoms with Gasteiger partial charge in [-0.05, 0) is 19.3 Å². The molecule has 0 rings (SSSR count). The highest BCUT2D eigenvalue weighted by molar-refractivity contribution is 7.91. The van der Waals surface area contributed by atoms with Crippen molar-refractivity contribution in [2.24, 2.45) is 0 Å². The second-order valence-corrected chi connectivity index (χ2v) is 6.18. The number of unbranched alkanes of at least 4 members (excludes halogenated alkanes) is 2. The van der Waals surface area contributed by atoms with Gasteiger partial charge in [0.05, 0.1) is 18.2 Å². The van der Waals surface area contributed by atoms with Gasteiger partial charge < -0.3 is 10.4 Å². The molecule has 0 aliphatic heterocycles. The summed E-state index contributed by atoms with van der Waals surface area (Å²) in [4.78, 5) is 21.5. The third kappa shape index (κ3) is 7.99. The van der Waals surface area contributed by atoms with E-state index >= 15 is 0 Å². The van der Waals surface area contributed by atoms with Gasteiger partial charge in [0, 0.05) is 6.92 Å². The second kappa shape index (κ2) is 8.02. The molecule has 1 amide bonds. The van der Waals surface area contributed by atoms with Crippen LogP contribution >= 0.6 is 0 Å². The molecule has 1 unspecified atom stereocenters. The molecule has 0 radical (unpaired) electrons. The van der Waals surface area contributed by atoms with Crippen molar-refractivity contribution in [3.8, 4) is 0 Å². The van der Waals surface area contributed by atoms with Gasteiger partial charge in [-0.15, -0.1) is 0 Å². The predicted molar refractivity (Wildman–Crippen MR) is 63.7 cm³/mol. The Balaban J connectivity index is 4.33. The molecule has 1 atom stereocenters. The first-order valence-electron chi connectivity index (χ1n) is 5.55. The Morgan fingerprint density at radius 3 is 2.33 bits per heavy atom. The smallest absolute Gasteiger partial charge is 0.327 e. The molecule has 0 spiro atoms. The minimum atomic E-state index is -3.57. The van der Waals surface area contributed by atoms with Crippen LogP contribution in [-0.2, 0) is 19.4 Å². The van der Waals surface area contributed by atoms with Gasteiger partial charge in [-0.2, -0.15) is 0 Å². The summed E-state index contributed by atoms with van der Waals surface area (Å²) < 4.78 is 35.0. The average Bonchev–Trinajstić information content (AvgIpc) is 2.22. The quantitative estimate of drug-likeness (QED) is 0.586. The molecule has 0 aliphatic carbocycles. The van der Waals surface area contributed by atoms with Crippen molar-refractivity contribution in [2.45, 2.75) is 32.2 Å². The van der Waals surface area contributed by atoms with Gasteiger partial charge in [-0.25, -0.2) is 13.2 Å². The lowest BCUT2D eigenvalue weighted by atomic mass is 10.3. The number of carboxylic acids is 1. The third-order valence-electron chi connectivity index (χ3n) is 2.19. The van der Waals surface area contributed by atoms with Crippen LogP contribution in [0.25, 0.3) is 0 Å². The van der Waals surface area contributed by atoms with Crippen LogP contribution in [0, 0.1) is 0 Å². The molecule has 0 aromatic rings. The molecule has 6 nitrogen and oxygen atoms in total. The second-order valence-electron chi connectivity index (χ2n) is 3.96. The zero-order valence-electron chi connectivity index (χ0n) is 10.2. The summed E-state index contributed by atoms with van der Waals surface area (Å²) in [6.07, 6.45) is 1.02. The number of amides is 1. The Labute approximate surface area is 105 Å². The van der Waals surface area contributed by atoms with E-state index < -0.39 is 40.2 Å². The highest BCUT2D eigenvalue weighted by Gasteiger charge is 2.25. The van der Waals surface area contributed by atoms with E-state index in [2.05, 4.69) is 5.32 Å². The summed E-state index contributed by atoms with van der Waals surface area (Å²) in [7, 11) is -3.57. The largest absolute Gasteiger partial charge is 0.480 e. The van der Waals surface area contributed by atoms with Crippen molar-refractivity contribution < 1.29 is 27.5 Å². The number of carboxylic acid groups (broad SMARTS) is 1. The molecular formula is C10H18FNO5S. The summed E-state index contributed by atoms with van der Waals surface area (Å²) in [6, 6.07) is -1.44. The lowest BCUT2D eigenvalue weighted by Gasteiger charge is -2.13. The maximum Gasteiger partial charge on any atom is 0.327 e. The van der Waals surface area contributed by atoms with Crippen LogP contribution < -0.4 is 5.32 Å². The lowest BCUT2D eigenvalue weighted by molar-refractivity contribution is -0.140. The van der Waals surface area contributed by atoms with Crippen molar-refractivity contribution in [2.75, 3.05) is 18.2 Å². The number of aliphatic carboxylic acids is 1. The van der Waals surface area contributed by atoms with Crippen LogP contribution in [0.5, 0.6) is 0 Å². The van der Waals surface area contributed by atoms with Gasteiger partial charge in [0.25, 0.3) is 0 Å². The van der Waals surface area contributed by atoms with Crippen LogP contribution in [0.15, 0.2) is 0 Å². The van der Waals surface area contributed by atoms with E-state index in [0.29, 0.717) is 19.3 Å². The average molecular weight is 283 g/mol. The summed E-state index contributed by atoms with van der Waals surface area (Å²) in [5, 5.41) is 10.8. The van der Waals surface area contributed by atoms with Crippen LogP contribution in [-0.4, -0.2) is 49.6 Å². The molecule has 0 fully saturated rings. The van der Waals surface area contributed by atoms with Gasteiger partial charge in [0.15, 0.2) is 9.84 Å². The molecule has 0 saturated heterocycles. The van der Waals surface area contributed by atoms with Crippen molar-refractivity contribution in [3.05, 3.63) is 0 Å². The fourth-order valence-corrected chi connectivity index (χ4v) is 2.89. The molecule has 0 saturated carbocycles. The summed E-state index contributed by atoms with van der Waals surface area (Å²) in [5.74, 6) is -2.83. The Kier molecular flexibility index (Phi) is 7.49. The number of rotatable bonds is 9. The van der Waals surface area contributed by atoms with Gasteiger partial charge >= 0.3 is 5.97 Å². The lowest BCUT2D eigenvalue weighted by Crippen LogP contribution is -2.44. The molecule has 0 heterocycles. The number of halogens is 1. The molecule has 106 valence electrons. The van der Waals surface area contributed by atoms with Crippen molar-refractivity contribution in [1.29, 1.82) is 0 Å². The highest BCUT2D eigenvalue weighted by Crippen LogP contribution is 2.03. The third-order valence-corrected chi connectivity index (χ3v) is 3.94. The fourth-order valence-electron chi connectivity index (χ4n) is 1.35. The standard InChI is InChI=1S/C10H18FNO5S/c1-8(13)12-9(10(14)15)7-18(16,17)6-4-2-3-5-11/h9H,2-7H2,1H3,(H,12,13)(H,14,15). The summed E-state index contributed by atoms with van der Waals surface area (Å²) in [6.45, 7) is 0.619. The van der Waals surface area contributed by atoms with E-state index in [0.717, 1.165) is 6.92 Å². The van der Waals surface area contributed by atoms with E-state index in [1.54, 1.807) is 0 Å². The Hall–Kier alpha value is -1.18. The first-order valence-corrected chi connectivity index (χ1v) is 7.37. The van der Waals surface area contributed by atoms with Crippen molar-refractivity contribution in [3.63, 3.8) is 0 Å². The molecule has 0 aromatic heterocycles. The van der Waals surface area contributed by atoms with Crippen molar-refractivity contribution in [1.82, 2.24) is 5.32 Å². The normalized spacial score (nSPS) is 13.0. The number of sulfone groups is 1. The minimum Gasteiger partial charge on any atom is -0.480 e. The molecular weight excluding hydrogens is 265 g/mol. The summed E-state index contributed by atoms with van der Waals surface area (Å²) >= 11 is 0. The molecule has 0 aromatic carbocycles. The molecule has 0 bridgehead atoms. The van der Waals surface area contributed by atoms with Gasteiger partial charge in [-0.1, -0.05) is 0 Å². The molecule has 8 heteroatoms. The maximum absolute atomic E-state index is 11.8. The number of hydrogen-bond donors (Lipinski definition) is 2. The van der Waals surface area contributed by atoms with Gasteiger partial charge in [0.2, 0.25) is 5.91 Å². The zero-order chi connectivity index (χ0) is 14.2. The van der Waals surface area contributed by atoms with Crippen LogP contribution in [0.2, 0.25) is 0 Å². The predicted octanol–water partition coefficient (Wildman–Crippen LogP) is 0.130. The number of hydrogen-bond acceptors (Lipinski definition) is 4. The molecule has 0 aliphatic rings. The molecule has 18 heavy (non-hydrogen) atoms. The number of carbonyl (C=O) groups is 2.